The van der Waals surface area contributed by atoms with Crippen LogP contribution in [0.2, 0.25) is 0 Å². The van der Waals surface area contributed by atoms with Crippen LogP contribution in [0.1, 0.15) is 36.3 Å². The van der Waals surface area contributed by atoms with E-state index in [0.29, 0.717) is 0 Å². The molecule has 2 rings (SSSR count). The van der Waals surface area contributed by atoms with Crippen LogP contribution in [0, 0.1) is 0 Å². The number of rotatable bonds is 6. The highest BCUT2D eigenvalue weighted by atomic mass is 16.4. The summed E-state index contributed by atoms with van der Waals surface area (Å²) < 4.78 is 0. The van der Waals surface area contributed by atoms with E-state index in [0.717, 1.165) is 36.8 Å². The summed E-state index contributed by atoms with van der Waals surface area (Å²) >= 11 is 0. The molecule has 1 aliphatic carbocycles. The normalized spacial score (nSPS) is 18.3. The second-order valence-corrected chi connectivity index (χ2v) is 5.09. The minimum atomic E-state index is -0.891. The molecule has 1 aromatic rings. The first kappa shape index (κ1) is 13.1. The Morgan fingerprint density at radius 2 is 1.94 bits per heavy atom. The summed E-state index contributed by atoms with van der Waals surface area (Å²) in [4.78, 5) is 11.0. The van der Waals surface area contributed by atoms with E-state index in [1.165, 1.54) is 0 Å². The third kappa shape index (κ3) is 3.09. The van der Waals surface area contributed by atoms with Crippen LogP contribution in [0.3, 0.4) is 0 Å². The predicted molar refractivity (Wildman–Crippen MR) is 68.4 cm³/mol. The van der Waals surface area contributed by atoms with Gasteiger partial charge in [0.05, 0.1) is 11.5 Å². The Bertz CT molecular complexity index is 423. The van der Waals surface area contributed by atoms with Crippen molar-refractivity contribution in [1.29, 1.82) is 0 Å². The molecule has 0 saturated heterocycles. The van der Waals surface area contributed by atoms with Crippen molar-refractivity contribution < 1.29 is 15.0 Å². The Kier molecular flexibility index (Phi) is 3.68. The molecule has 0 aromatic heterocycles. The average molecular weight is 249 g/mol. The summed E-state index contributed by atoms with van der Waals surface area (Å²) in [6.07, 6.45) is 3.42. The quantitative estimate of drug-likeness (QED) is 0.709. The summed E-state index contributed by atoms with van der Waals surface area (Å²) in [7, 11) is 0. The smallest absolute Gasteiger partial charge is 0.312 e. The zero-order chi connectivity index (χ0) is 13.2. The molecule has 4 heteroatoms. The molecule has 0 aliphatic heterocycles. The zero-order valence-corrected chi connectivity index (χ0v) is 10.3. The average Bonchev–Trinajstić information content (AvgIpc) is 3.07. The van der Waals surface area contributed by atoms with E-state index < -0.39 is 17.5 Å². The Morgan fingerprint density at radius 3 is 2.39 bits per heavy atom. The van der Waals surface area contributed by atoms with E-state index in [2.05, 4.69) is 0 Å². The van der Waals surface area contributed by atoms with Crippen molar-refractivity contribution in [1.82, 2.24) is 0 Å². The SMILES string of the molecule is NCC(C(=O)O)c1ccc(CCC2(O)CC2)cc1. The molecule has 0 heterocycles. The second-order valence-electron chi connectivity index (χ2n) is 5.09. The monoisotopic (exact) mass is 249 g/mol. The topological polar surface area (TPSA) is 83.6 Å². The van der Waals surface area contributed by atoms with Crippen molar-refractivity contribution in [3.05, 3.63) is 35.4 Å². The highest BCUT2D eigenvalue weighted by Crippen LogP contribution is 2.39. The fraction of sp³-hybridized carbons (Fsp3) is 0.500. The van der Waals surface area contributed by atoms with E-state index in [1.54, 1.807) is 0 Å². The largest absolute Gasteiger partial charge is 0.481 e. The molecule has 1 atom stereocenters. The van der Waals surface area contributed by atoms with Crippen LogP contribution < -0.4 is 5.73 Å². The number of benzene rings is 1. The van der Waals surface area contributed by atoms with E-state index in [1.807, 2.05) is 24.3 Å². The highest BCUT2D eigenvalue weighted by Gasteiger charge is 2.39. The molecule has 4 nitrogen and oxygen atoms in total. The van der Waals surface area contributed by atoms with Gasteiger partial charge in [-0.1, -0.05) is 24.3 Å². The van der Waals surface area contributed by atoms with Gasteiger partial charge in [-0.05, 0) is 36.8 Å². The summed E-state index contributed by atoms with van der Waals surface area (Å²) in [5.74, 6) is -1.52. The molecule has 0 radical (unpaired) electrons. The number of hydrogen-bond donors (Lipinski definition) is 3. The van der Waals surface area contributed by atoms with Crippen molar-refractivity contribution in [3.8, 4) is 0 Å². The lowest BCUT2D eigenvalue weighted by Gasteiger charge is -2.11. The lowest BCUT2D eigenvalue weighted by molar-refractivity contribution is -0.138. The van der Waals surface area contributed by atoms with E-state index in [-0.39, 0.29) is 6.54 Å². The van der Waals surface area contributed by atoms with E-state index >= 15 is 0 Å². The van der Waals surface area contributed by atoms with Crippen LogP contribution in [-0.2, 0) is 11.2 Å². The second kappa shape index (κ2) is 5.08. The van der Waals surface area contributed by atoms with Crippen molar-refractivity contribution >= 4 is 5.97 Å². The lowest BCUT2D eigenvalue weighted by Crippen LogP contribution is -2.21. The van der Waals surface area contributed by atoms with E-state index in [4.69, 9.17) is 10.8 Å². The third-order valence-electron chi connectivity index (χ3n) is 3.62. The van der Waals surface area contributed by atoms with Crippen LogP contribution in [0.4, 0.5) is 0 Å². The number of hydrogen-bond acceptors (Lipinski definition) is 3. The van der Waals surface area contributed by atoms with Crippen LogP contribution in [0.15, 0.2) is 24.3 Å². The Balaban J connectivity index is 1.98. The lowest BCUT2D eigenvalue weighted by atomic mass is 9.96. The number of carboxylic acid groups (broad SMARTS) is 1. The summed E-state index contributed by atoms with van der Waals surface area (Å²) in [5, 5.41) is 18.8. The molecule has 1 fully saturated rings. The maximum absolute atomic E-state index is 11.0. The van der Waals surface area contributed by atoms with Gasteiger partial charge in [0.15, 0.2) is 0 Å². The van der Waals surface area contributed by atoms with Gasteiger partial charge in [-0.3, -0.25) is 4.79 Å². The van der Waals surface area contributed by atoms with Gasteiger partial charge in [0.2, 0.25) is 0 Å². The maximum Gasteiger partial charge on any atom is 0.312 e. The molecule has 0 spiro atoms. The van der Waals surface area contributed by atoms with Crippen molar-refractivity contribution in [2.45, 2.75) is 37.2 Å². The molecule has 1 unspecified atom stereocenters. The molecule has 1 aromatic carbocycles. The van der Waals surface area contributed by atoms with Gasteiger partial charge in [0.25, 0.3) is 0 Å². The minimum absolute atomic E-state index is 0.106. The Morgan fingerprint density at radius 1 is 1.33 bits per heavy atom. The molecule has 1 aliphatic rings. The van der Waals surface area contributed by atoms with Gasteiger partial charge in [0, 0.05) is 6.54 Å². The maximum atomic E-state index is 11.0. The fourth-order valence-electron chi connectivity index (χ4n) is 2.07. The fourth-order valence-corrected chi connectivity index (χ4v) is 2.07. The number of carbonyl (C=O) groups is 1. The molecule has 0 bridgehead atoms. The van der Waals surface area contributed by atoms with Crippen LogP contribution in [0.25, 0.3) is 0 Å². The van der Waals surface area contributed by atoms with Gasteiger partial charge < -0.3 is 15.9 Å². The number of aryl methyl sites for hydroxylation is 1. The van der Waals surface area contributed by atoms with Gasteiger partial charge in [0.1, 0.15) is 0 Å². The summed E-state index contributed by atoms with van der Waals surface area (Å²) in [6.45, 7) is 0.106. The van der Waals surface area contributed by atoms with Gasteiger partial charge in [-0.15, -0.1) is 0 Å². The minimum Gasteiger partial charge on any atom is -0.481 e. The summed E-state index contributed by atoms with van der Waals surface area (Å²) in [6, 6.07) is 7.48. The zero-order valence-electron chi connectivity index (χ0n) is 10.3. The number of aliphatic hydroxyl groups is 1. The van der Waals surface area contributed by atoms with Crippen molar-refractivity contribution in [2.75, 3.05) is 6.54 Å². The van der Waals surface area contributed by atoms with Gasteiger partial charge in [-0.2, -0.15) is 0 Å². The Labute approximate surface area is 106 Å². The molecule has 4 N–H and O–H groups in total. The number of nitrogens with two attached hydrogens (primary N) is 1. The number of carboxylic acids is 1. The predicted octanol–water partition coefficient (Wildman–Crippen LogP) is 1.27. The van der Waals surface area contributed by atoms with Crippen LogP contribution in [0.5, 0.6) is 0 Å². The molecule has 18 heavy (non-hydrogen) atoms. The first-order valence-corrected chi connectivity index (χ1v) is 6.28. The molecular formula is C14H19NO3. The van der Waals surface area contributed by atoms with Crippen molar-refractivity contribution in [2.24, 2.45) is 5.73 Å². The van der Waals surface area contributed by atoms with Crippen molar-refractivity contribution in [3.63, 3.8) is 0 Å². The van der Waals surface area contributed by atoms with Gasteiger partial charge >= 0.3 is 5.97 Å². The molecule has 1 saturated carbocycles. The molecule has 98 valence electrons. The first-order chi connectivity index (χ1) is 8.54. The van der Waals surface area contributed by atoms with Gasteiger partial charge in [-0.25, -0.2) is 0 Å². The Hall–Kier alpha value is -1.39. The first-order valence-electron chi connectivity index (χ1n) is 6.28. The van der Waals surface area contributed by atoms with Crippen LogP contribution >= 0.6 is 0 Å². The third-order valence-corrected chi connectivity index (χ3v) is 3.62. The molecular weight excluding hydrogens is 230 g/mol. The van der Waals surface area contributed by atoms with Crippen LogP contribution in [-0.4, -0.2) is 28.3 Å². The van der Waals surface area contributed by atoms with E-state index in [9.17, 15) is 9.90 Å². The standard InChI is InChI=1S/C14H19NO3/c15-9-12(13(16)17)11-3-1-10(2-4-11)5-6-14(18)7-8-14/h1-4,12,18H,5-9,15H2,(H,16,17). The number of aliphatic carboxylic acids is 1. The molecule has 0 amide bonds. The highest BCUT2D eigenvalue weighted by molar-refractivity contribution is 5.76. The summed E-state index contributed by atoms with van der Waals surface area (Å²) in [5.41, 5.74) is 6.88.